The minimum Gasteiger partial charge on any atom is -0.332 e. The first-order valence-electron chi connectivity index (χ1n) is 8.40. The Morgan fingerprint density at radius 2 is 1.86 bits per heavy atom. The van der Waals surface area contributed by atoms with Crippen LogP contribution in [0, 0.1) is 18.7 Å². The molecule has 1 saturated carbocycles. The van der Waals surface area contributed by atoms with Crippen LogP contribution in [0.1, 0.15) is 54.4 Å². The number of carbonyl (C=O) groups excluding carboxylic acids is 1. The van der Waals surface area contributed by atoms with Crippen molar-refractivity contribution in [2.24, 2.45) is 5.92 Å². The fraction of sp³-hybridized carbons (Fsp3) is 0.526. The van der Waals surface area contributed by atoms with Crippen molar-refractivity contribution in [1.82, 2.24) is 4.90 Å². The molecule has 1 aromatic rings. The highest BCUT2D eigenvalue weighted by atomic mass is 19.1. The summed E-state index contributed by atoms with van der Waals surface area (Å²) in [5, 5.41) is 0. The highest BCUT2D eigenvalue weighted by Gasteiger charge is 2.41. The van der Waals surface area contributed by atoms with Crippen molar-refractivity contribution >= 4 is 5.91 Å². The third-order valence-corrected chi connectivity index (χ3v) is 5.36. The van der Waals surface area contributed by atoms with Crippen molar-refractivity contribution in [1.29, 1.82) is 0 Å². The number of hydrogen-bond donors (Lipinski definition) is 0. The fourth-order valence-corrected chi connectivity index (χ4v) is 3.99. The molecule has 3 fully saturated rings. The second-order valence-corrected chi connectivity index (χ2v) is 7.13. The highest BCUT2D eigenvalue weighted by Crippen LogP contribution is 2.42. The van der Waals surface area contributed by atoms with Crippen LogP contribution in [0.15, 0.2) is 29.8 Å². The summed E-state index contributed by atoms with van der Waals surface area (Å²) in [6.45, 7) is 1.73. The predicted molar refractivity (Wildman–Crippen MR) is 84.2 cm³/mol. The average molecular weight is 299 g/mol. The van der Waals surface area contributed by atoms with E-state index in [1.54, 1.807) is 24.6 Å². The van der Waals surface area contributed by atoms with Crippen molar-refractivity contribution in [2.45, 2.75) is 57.5 Å². The zero-order chi connectivity index (χ0) is 15.3. The molecule has 2 bridgehead atoms. The van der Waals surface area contributed by atoms with Gasteiger partial charge in [-0.1, -0.05) is 17.7 Å². The van der Waals surface area contributed by atoms with Crippen molar-refractivity contribution in [2.75, 3.05) is 0 Å². The maximum atomic E-state index is 13.7. The summed E-state index contributed by atoms with van der Waals surface area (Å²) in [5.41, 5.74) is 2.64. The second-order valence-electron chi connectivity index (χ2n) is 7.13. The van der Waals surface area contributed by atoms with Gasteiger partial charge < -0.3 is 4.90 Å². The molecule has 0 N–H and O–H groups in total. The molecule has 0 radical (unpaired) electrons. The zero-order valence-corrected chi connectivity index (χ0v) is 13.0. The number of rotatable bonds is 2. The quantitative estimate of drug-likeness (QED) is 0.748. The Labute approximate surface area is 131 Å². The van der Waals surface area contributed by atoms with Gasteiger partial charge in [0.25, 0.3) is 5.91 Å². The number of amides is 1. The first-order chi connectivity index (χ1) is 10.6. The first kappa shape index (κ1) is 14.0. The van der Waals surface area contributed by atoms with Crippen molar-refractivity contribution in [3.63, 3.8) is 0 Å². The topological polar surface area (TPSA) is 20.3 Å². The molecule has 2 unspecified atom stereocenters. The van der Waals surface area contributed by atoms with Crippen LogP contribution in [0.5, 0.6) is 0 Å². The van der Waals surface area contributed by atoms with Crippen molar-refractivity contribution in [3.8, 4) is 0 Å². The molecule has 1 aliphatic carbocycles. The van der Waals surface area contributed by atoms with Gasteiger partial charge in [0.05, 0.1) is 0 Å². The molecule has 0 spiro atoms. The van der Waals surface area contributed by atoms with Gasteiger partial charge >= 0.3 is 0 Å². The van der Waals surface area contributed by atoms with E-state index in [4.69, 9.17) is 0 Å². The number of hydrogen-bond acceptors (Lipinski definition) is 1. The Kier molecular flexibility index (Phi) is 3.32. The summed E-state index contributed by atoms with van der Waals surface area (Å²) in [6, 6.07) is 5.50. The standard InChI is InChI=1S/C19H22FNO/c1-12-2-5-15(11-18(12)20)19(22)21-16-6-7-17(21)10-14(9-16)8-13-3-4-13/h2,5,8,11,13,16-17H,3-4,6-7,9-10H2,1H3. The summed E-state index contributed by atoms with van der Waals surface area (Å²) < 4.78 is 13.7. The fourth-order valence-electron chi connectivity index (χ4n) is 3.99. The normalized spacial score (nSPS) is 27.2. The molecule has 1 amide bonds. The number of piperidine rings is 1. The monoisotopic (exact) mass is 299 g/mol. The molecular formula is C19H22FNO. The van der Waals surface area contributed by atoms with Crippen molar-refractivity contribution in [3.05, 3.63) is 46.8 Å². The molecular weight excluding hydrogens is 277 g/mol. The molecule has 2 aliphatic heterocycles. The van der Waals surface area contributed by atoms with Gasteiger partial charge in [-0.15, -0.1) is 0 Å². The number of nitrogens with zero attached hydrogens (tertiary/aromatic N) is 1. The number of fused-ring (bicyclic) bond motifs is 2. The Morgan fingerprint density at radius 1 is 1.18 bits per heavy atom. The van der Waals surface area contributed by atoms with Crippen LogP contribution >= 0.6 is 0 Å². The molecule has 3 aliphatic rings. The van der Waals surface area contributed by atoms with Gasteiger partial charge in [0.2, 0.25) is 0 Å². The summed E-state index contributed by atoms with van der Waals surface area (Å²) in [7, 11) is 0. The smallest absolute Gasteiger partial charge is 0.254 e. The Balaban J connectivity index is 1.55. The molecule has 1 aromatic carbocycles. The van der Waals surface area contributed by atoms with E-state index in [-0.39, 0.29) is 11.7 Å². The van der Waals surface area contributed by atoms with Gasteiger partial charge in [0, 0.05) is 17.6 Å². The first-order valence-corrected chi connectivity index (χ1v) is 8.40. The van der Waals surface area contributed by atoms with E-state index in [0.717, 1.165) is 31.6 Å². The number of aryl methyl sites for hydroxylation is 1. The summed E-state index contributed by atoms with van der Waals surface area (Å²) >= 11 is 0. The number of halogens is 1. The molecule has 0 aromatic heterocycles. The van der Waals surface area contributed by atoms with Crippen LogP contribution in [0.25, 0.3) is 0 Å². The minimum absolute atomic E-state index is 0.0110. The lowest BCUT2D eigenvalue weighted by molar-refractivity contribution is 0.0634. The zero-order valence-electron chi connectivity index (χ0n) is 13.0. The van der Waals surface area contributed by atoms with E-state index < -0.39 is 0 Å². The average Bonchev–Trinajstić information content (AvgIpc) is 3.26. The molecule has 2 heterocycles. The van der Waals surface area contributed by atoms with E-state index in [2.05, 4.69) is 6.08 Å². The Hall–Kier alpha value is -1.64. The van der Waals surface area contributed by atoms with Gasteiger partial charge in [-0.3, -0.25) is 4.79 Å². The van der Waals surface area contributed by atoms with Crippen LogP contribution in [-0.2, 0) is 0 Å². The van der Waals surface area contributed by atoms with Crippen LogP contribution in [0.3, 0.4) is 0 Å². The second kappa shape index (κ2) is 5.22. The Bertz CT molecular complexity index is 631. The van der Waals surface area contributed by atoms with Gasteiger partial charge in [0.15, 0.2) is 0 Å². The molecule has 116 valence electrons. The van der Waals surface area contributed by atoms with Crippen LogP contribution in [-0.4, -0.2) is 22.9 Å². The lowest BCUT2D eigenvalue weighted by Crippen LogP contribution is -2.44. The molecule has 22 heavy (non-hydrogen) atoms. The van der Waals surface area contributed by atoms with Gasteiger partial charge in [-0.2, -0.15) is 0 Å². The van der Waals surface area contributed by atoms with E-state index >= 15 is 0 Å². The predicted octanol–water partition coefficient (Wildman–Crippen LogP) is 4.24. The summed E-state index contributed by atoms with van der Waals surface area (Å²) in [6.07, 6.45) is 9.35. The third kappa shape index (κ3) is 2.47. The van der Waals surface area contributed by atoms with E-state index in [1.807, 2.05) is 4.90 Å². The number of benzene rings is 1. The van der Waals surface area contributed by atoms with Crippen LogP contribution in [0.2, 0.25) is 0 Å². The van der Waals surface area contributed by atoms with E-state index in [1.165, 1.54) is 18.9 Å². The third-order valence-electron chi connectivity index (χ3n) is 5.36. The molecule has 2 nitrogen and oxygen atoms in total. The maximum Gasteiger partial charge on any atom is 0.254 e. The van der Waals surface area contributed by atoms with E-state index in [9.17, 15) is 9.18 Å². The molecule has 3 heteroatoms. The molecule has 2 saturated heterocycles. The highest BCUT2D eigenvalue weighted by molar-refractivity contribution is 5.95. The summed E-state index contributed by atoms with van der Waals surface area (Å²) in [4.78, 5) is 14.8. The van der Waals surface area contributed by atoms with Gasteiger partial charge in [-0.25, -0.2) is 4.39 Å². The van der Waals surface area contributed by atoms with Gasteiger partial charge in [0.1, 0.15) is 5.82 Å². The number of allylic oxidation sites excluding steroid dienone is 1. The molecule has 2 atom stereocenters. The van der Waals surface area contributed by atoms with Gasteiger partial charge in [-0.05, 0) is 69.1 Å². The van der Waals surface area contributed by atoms with Crippen LogP contribution in [0.4, 0.5) is 4.39 Å². The van der Waals surface area contributed by atoms with E-state index in [0.29, 0.717) is 23.2 Å². The minimum atomic E-state index is -0.287. The Morgan fingerprint density at radius 3 is 2.45 bits per heavy atom. The lowest BCUT2D eigenvalue weighted by Gasteiger charge is -2.36. The van der Waals surface area contributed by atoms with Crippen molar-refractivity contribution < 1.29 is 9.18 Å². The lowest BCUT2D eigenvalue weighted by atomic mass is 9.94. The number of carbonyl (C=O) groups is 1. The summed E-state index contributed by atoms with van der Waals surface area (Å²) in [5.74, 6) is 0.532. The maximum absolute atomic E-state index is 13.7. The largest absolute Gasteiger partial charge is 0.332 e. The molecule has 4 rings (SSSR count). The van der Waals surface area contributed by atoms with Crippen LogP contribution < -0.4 is 0 Å². The SMILES string of the molecule is Cc1ccc(C(=O)N2C3CCC2CC(=CC2CC2)C3)cc1F.